The van der Waals surface area contributed by atoms with Crippen LogP contribution in [0.5, 0.6) is 0 Å². The fraction of sp³-hybridized carbons (Fsp3) is 0.579. The molecule has 3 aliphatic rings. The molecular formula is C19H27ClN2+2. The van der Waals surface area contributed by atoms with Gasteiger partial charge in [0.05, 0.1) is 6.54 Å². The van der Waals surface area contributed by atoms with Crippen molar-refractivity contribution in [3.05, 3.63) is 47.0 Å². The Morgan fingerprint density at radius 3 is 2.41 bits per heavy atom. The van der Waals surface area contributed by atoms with E-state index < -0.39 is 0 Å². The maximum Gasteiger partial charge on any atom is 0.127 e. The number of fused-ring (bicyclic) bond motifs is 2. The lowest BCUT2D eigenvalue weighted by Gasteiger charge is -2.32. The zero-order valence-electron chi connectivity index (χ0n) is 13.2. The van der Waals surface area contributed by atoms with Crippen molar-refractivity contribution in [2.24, 2.45) is 17.8 Å². The third kappa shape index (κ3) is 3.10. The fourth-order valence-electron chi connectivity index (χ4n) is 4.75. The zero-order chi connectivity index (χ0) is 14.9. The first-order valence-electron chi connectivity index (χ1n) is 8.87. The van der Waals surface area contributed by atoms with Crippen LogP contribution in [0.25, 0.3) is 0 Å². The van der Waals surface area contributed by atoms with Gasteiger partial charge in [0.15, 0.2) is 0 Å². The van der Waals surface area contributed by atoms with E-state index in [-0.39, 0.29) is 0 Å². The number of nitrogens with one attached hydrogen (secondary N) is 2. The molecule has 2 nitrogen and oxygen atoms in total. The summed E-state index contributed by atoms with van der Waals surface area (Å²) in [4.78, 5) is 3.54. The molecule has 2 fully saturated rings. The molecule has 0 unspecified atom stereocenters. The molecule has 1 aliphatic heterocycles. The monoisotopic (exact) mass is 318 g/mol. The van der Waals surface area contributed by atoms with Crippen LogP contribution in [-0.4, -0.2) is 32.7 Å². The Balaban J connectivity index is 1.26. The second-order valence-electron chi connectivity index (χ2n) is 7.51. The zero-order valence-corrected chi connectivity index (χ0v) is 14.0. The largest absolute Gasteiger partial charge is 0.325 e. The number of hydrogen-bond acceptors (Lipinski definition) is 0. The van der Waals surface area contributed by atoms with Gasteiger partial charge in [-0.3, -0.25) is 0 Å². The molecule has 1 aromatic carbocycles. The number of halogens is 1. The molecular weight excluding hydrogens is 292 g/mol. The van der Waals surface area contributed by atoms with Gasteiger partial charge in [-0.05, 0) is 30.7 Å². The molecule has 4 rings (SSSR count). The molecule has 1 heterocycles. The second-order valence-corrected chi connectivity index (χ2v) is 7.92. The Labute approximate surface area is 138 Å². The predicted octanol–water partition coefficient (Wildman–Crippen LogP) is 0.836. The van der Waals surface area contributed by atoms with Crippen LogP contribution in [0.1, 0.15) is 18.4 Å². The van der Waals surface area contributed by atoms with E-state index >= 15 is 0 Å². The van der Waals surface area contributed by atoms with Crippen LogP contribution < -0.4 is 9.80 Å². The first-order chi connectivity index (χ1) is 10.8. The van der Waals surface area contributed by atoms with E-state index in [0.717, 1.165) is 29.3 Å². The van der Waals surface area contributed by atoms with E-state index in [2.05, 4.69) is 24.3 Å². The van der Waals surface area contributed by atoms with Gasteiger partial charge in [-0.15, -0.1) is 0 Å². The van der Waals surface area contributed by atoms with Crippen LogP contribution in [-0.2, 0) is 6.54 Å². The van der Waals surface area contributed by atoms with Crippen LogP contribution in [0.15, 0.2) is 36.4 Å². The Bertz CT molecular complexity index is 548. The summed E-state index contributed by atoms with van der Waals surface area (Å²) >= 11 is 6.30. The van der Waals surface area contributed by atoms with Crippen molar-refractivity contribution in [2.75, 3.05) is 32.7 Å². The minimum Gasteiger partial charge on any atom is -0.325 e. The van der Waals surface area contributed by atoms with Gasteiger partial charge in [0, 0.05) is 16.5 Å². The third-order valence-electron chi connectivity index (χ3n) is 6.03. The summed E-state index contributed by atoms with van der Waals surface area (Å²) in [5, 5.41) is 0.929. The minimum atomic E-state index is 0.908. The molecule has 3 atom stereocenters. The highest BCUT2D eigenvalue weighted by molar-refractivity contribution is 6.31. The molecule has 0 amide bonds. The predicted molar refractivity (Wildman–Crippen MR) is 90.3 cm³/mol. The van der Waals surface area contributed by atoms with Crippen LogP contribution in [0.3, 0.4) is 0 Å². The highest BCUT2D eigenvalue weighted by atomic mass is 35.5. The number of rotatable bonds is 4. The first kappa shape index (κ1) is 14.7. The average Bonchev–Trinajstić information content (AvgIpc) is 3.14. The molecule has 1 saturated heterocycles. The van der Waals surface area contributed by atoms with E-state index in [1.807, 2.05) is 17.0 Å². The van der Waals surface area contributed by atoms with Gasteiger partial charge >= 0.3 is 0 Å². The van der Waals surface area contributed by atoms with Gasteiger partial charge < -0.3 is 9.80 Å². The summed E-state index contributed by atoms with van der Waals surface area (Å²) in [6, 6.07) is 8.31. The van der Waals surface area contributed by atoms with Gasteiger partial charge in [0.2, 0.25) is 0 Å². The quantitative estimate of drug-likeness (QED) is 0.761. The lowest BCUT2D eigenvalue weighted by atomic mass is 9.93. The minimum absolute atomic E-state index is 0.908. The number of quaternary nitrogens is 2. The van der Waals surface area contributed by atoms with Crippen LogP contribution in [0.4, 0.5) is 0 Å². The third-order valence-corrected chi connectivity index (χ3v) is 6.40. The van der Waals surface area contributed by atoms with E-state index in [4.69, 9.17) is 11.6 Å². The SMILES string of the molecule is Clc1ccccc1C[NH+]1CC[NH+](C[C@H]2C[C@@H]3C=C[C@H]2C3)CC1. The van der Waals surface area contributed by atoms with E-state index in [1.54, 1.807) is 4.90 Å². The van der Waals surface area contributed by atoms with Crippen molar-refractivity contribution in [3.8, 4) is 0 Å². The molecule has 118 valence electrons. The van der Waals surface area contributed by atoms with Gasteiger partial charge in [-0.2, -0.15) is 0 Å². The molecule has 3 heteroatoms. The summed E-state index contributed by atoms with van der Waals surface area (Å²) in [7, 11) is 0. The molecule has 2 N–H and O–H groups in total. The van der Waals surface area contributed by atoms with Gasteiger partial charge in [-0.25, -0.2) is 0 Å². The van der Waals surface area contributed by atoms with Crippen molar-refractivity contribution in [2.45, 2.75) is 19.4 Å². The van der Waals surface area contributed by atoms with E-state index in [1.165, 1.54) is 51.1 Å². The average molecular weight is 319 g/mol. The molecule has 1 saturated carbocycles. The second kappa shape index (κ2) is 6.35. The van der Waals surface area contributed by atoms with Crippen LogP contribution >= 0.6 is 11.6 Å². The summed E-state index contributed by atoms with van der Waals surface area (Å²) in [6.45, 7) is 7.73. The summed E-state index contributed by atoms with van der Waals surface area (Å²) < 4.78 is 0. The number of benzene rings is 1. The van der Waals surface area contributed by atoms with Crippen molar-refractivity contribution in [1.82, 2.24) is 0 Å². The number of piperazine rings is 1. The summed E-state index contributed by atoms with van der Waals surface area (Å²) in [6.07, 6.45) is 7.86. The Morgan fingerprint density at radius 2 is 1.73 bits per heavy atom. The molecule has 0 spiro atoms. The summed E-state index contributed by atoms with van der Waals surface area (Å²) in [5.41, 5.74) is 1.31. The van der Waals surface area contributed by atoms with Gasteiger partial charge in [0.25, 0.3) is 0 Å². The van der Waals surface area contributed by atoms with Crippen molar-refractivity contribution in [3.63, 3.8) is 0 Å². The topological polar surface area (TPSA) is 8.88 Å². The maximum absolute atomic E-state index is 6.30. The molecule has 22 heavy (non-hydrogen) atoms. The van der Waals surface area contributed by atoms with Gasteiger partial charge in [0.1, 0.15) is 32.7 Å². The molecule has 1 aromatic rings. The smallest absolute Gasteiger partial charge is 0.127 e. The van der Waals surface area contributed by atoms with Gasteiger partial charge in [-0.1, -0.05) is 42.0 Å². The van der Waals surface area contributed by atoms with Crippen LogP contribution in [0.2, 0.25) is 5.02 Å². The lowest BCUT2D eigenvalue weighted by molar-refractivity contribution is -1.02. The first-order valence-corrected chi connectivity index (χ1v) is 9.24. The molecule has 2 bridgehead atoms. The number of allylic oxidation sites excluding steroid dienone is 2. The Hall–Kier alpha value is -0.830. The normalized spacial score (nSPS) is 36.9. The van der Waals surface area contributed by atoms with Crippen molar-refractivity contribution >= 4 is 11.6 Å². The Morgan fingerprint density at radius 1 is 0.955 bits per heavy atom. The summed E-state index contributed by atoms with van der Waals surface area (Å²) in [5.74, 6) is 2.79. The standard InChI is InChI=1S/C19H25ClN2/c20-19-4-2-1-3-17(19)13-21-7-9-22(10-8-21)14-18-12-15-5-6-16(18)11-15/h1-6,15-16,18H,7-14H2/p+2/t15-,16+,18-/m1/s1. The highest BCUT2D eigenvalue weighted by Crippen LogP contribution is 2.42. The number of hydrogen-bond donors (Lipinski definition) is 2. The lowest BCUT2D eigenvalue weighted by Crippen LogP contribution is -3.27. The maximum atomic E-state index is 6.30. The molecule has 0 aromatic heterocycles. The highest BCUT2D eigenvalue weighted by Gasteiger charge is 2.38. The molecule has 0 radical (unpaired) electrons. The molecule has 2 aliphatic carbocycles. The van der Waals surface area contributed by atoms with Crippen LogP contribution in [0, 0.1) is 17.8 Å². The van der Waals surface area contributed by atoms with E-state index in [9.17, 15) is 0 Å². The fourth-order valence-corrected chi connectivity index (χ4v) is 4.95. The van der Waals surface area contributed by atoms with Crippen molar-refractivity contribution < 1.29 is 9.80 Å². The Kier molecular flexibility index (Phi) is 4.25. The van der Waals surface area contributed by atoms with Crippen molar-refractivity contribution in [1.29, 1.82) is 0 Å². The van der Waals surface area contributed by atoms with E-state index in [0.29, 0.717) is 0 Å².